The van der Waals surface area contributed by atoms with Crippen LogP contribution in [0.1, 0.15) is 47.5 Å². The third kappa shape index (κ3) is 4.41. The molecule has 0 aromatic rings. The highest BCUT2D eigenvalue weighted by Gasteiger charge is 2.32. The van der Waals surface area contributed by atoms with Crippen LogP contribution < -0.4 is 0 Å². The quantitative estimate of drug-likeness (QED) is 0.498. The highest BCUT2D eigenvalue weighted by molar-refractivity contribution is 5.82. The number of rotatable bonds is 6. The van der Waals surface area contributed by atoms with Gasteiger partial charge in [0, 0.05) is 11.8 Å². The third-order valence-corrected chi connectivity index (χ3v) is 3.12. The molecule has 0 N–H and O–H groups in total. The molecule has 0 aromatic carbocycles. The van der Waals surface area contributed by atoms with Crippen molar-refractivity contribution in [3.8, 4) is 0 Å². The summed E-state index contributed by atoms with van der Waals surface area (Å²) < 4.78 is 0. The number of Topliss-reactive ketones (excluding diaryl/α,β-unsaturated/α-hetero) is 1. The predicted molar refractivity (Wildman–Crippen MR) is 62.7 cm³/mol. The smallest absolute Gasteiger partial charge is 0.135 e. The van der Waals surface area contributed by atoms with E-state index in [4.69, 9.17) is 0 Å². The van der Waals surface area contributed by atoms with Crippen molar-refractivity contribution in [2.45, 2.75) is 47.5 Å². The molecular weight excluding hydrogens is 188 g/mol. The van der Waals surface area contributed by atoms with E-state index in [1.807, 2.05) is 27.7 Å². The number of hydrogen-bond donors (Lipinski definition) is 0. The fraction of sp³-hybridized carbons (Fsp3) is 0.692. The Balaban J connectivity index is 4.72. The van der Waals surface area contributed by atoms with Crippen LogP contribution in [0, 0.1) is 11.3 Å². The van der Waals surface area contributed by atoms with Crippen molar-refractivity contribution in [3.63, 3.8) is 0 Å². The van der Waals surface area contributed by atoms with E-state index in [-0.39, 0.29) is 11.7 Å². The Hall–Kier alpha value is -0.920. The fourth-order valence-electron chi connectivity index (χ4n) is 1.47. The van der Waals surface area contributed by atoms with E-state index in [1.165, 1.54) is 5.57 Å². The van der Waals surface area contributed by atoms with Gasteiger partial charge in [-0.1, -0.05) is 25.5 Å². The number of aldehydes is 1. The molecule has 0 aliphatic carbocycles. The summed E-state index contributed by atoms with van der Waals surface area (Å²) in [6.07, 6.45) is 4.26. The Morgan fingerprint density at radius 2 is 1.73 bits per heavy atom. The molecule has 15 heavy (non-hydrogen) atoms. The number of carbonyl (C=O) groups excluding carboxylic acids is 2. The average molecular weight is 210 g/mol. The first-order chi connectivity index (χ1) is 6.82. The largest absolute Gasteiger partial charge is 0.303 e. The maximum absolute atomic E-state index is 11.5. The van der Waals surface area contributed by atoms with E-state index in [1.54, 1.807) is 6.92 Å². The van der Waals surface area contributed by atoms with Crippen LogP contribution in [-0.4, -0.2) is 12.1 Å². The standard InChI is InChI=1S/C13H22O2/c1-10(2)6-7-12(8-9-14)13(4,5)11(3)15/h6,9,12H,7-8H2,1-5H3/t12-/m0/s1. The predicted octanol–water partition coefficient (Wildman–Crippen LogP) is 3.16. The topological polar surface area (TPSA) is 34.1 Å². The van der Waals surface area contributed by atoms with Crippen LogP contribution in [-0.2, 0) is 9.59 Å². The first-order valence-electron chi connectivity index (χ1n) is 5.40. The Kier molecular flexibility index (Phi) is 5.48. The van der Waals surface area contributed by atoms with Gasteiger partial charge in [-0.3, -0.25) is 4.79 Å². The van der Waals surface area contributed by atoms with Crippen LogP contribution >= 0.6 is 0 Å². The molecule has 0 bridgehead atoms. The normalized spacial score (nSPS) is 13.1. The van der Waals surface area contributed by atoms with Gasteiger partial charge in [-0.2, -0.15) is 0 Å². The van der Waals surface area contributed by atoms with Gasteiger partial charge in [-0.15, -0.1) is 0 Å². The molecule has 0 radical (unpaired) electrons. The van der Waals surface area contributed by atoms with Gasteiger partial charge in [-0.25, -0.2) is 0 Å². The summed E-state index contributed by atoms with van der Waals surface area (Å²) in [4.78, 5) is 22.1. The van der Waals surface area contributed by atoms with E-state index in [9.17, 15) is 9.59 Å². The lowest BCUT2D eigenvalue weighted by Gasteiger charge is -2.30. The maximum Gasteiger partial charge on any atom is 0.135 e. The maximum atomic E-state index is 11.5. The molecule has 0 aromatic heterocycles. The Labute approximate surface area is 92.8 Å². The third-order valence-electron chi connectivity index (χ3n) is 3.12. The van der Waals surface area contributed by atoms with Crippen LogP contribution in [0.5, 0.6) is 0 Å². The molecule has 0 heterocycles. The second kappa shape index (κ2) is 5.84. The average Bonchev–Trinajstić information content (AvgIpc) is 2.11. The number of ketones is 1. The van der Waals surface area contributed by atoms with Crippen molar-refractivity contribution >= 4 is 12.1 Å². The van der Waals surface area contributed by atoms with Gasteiger partial charge in [-0.05, 0) is 33.1 Å². The van der Waals surface area contributed by atoms with Crippen LogP contribution in [0.4, 0.5) is 0 Å². The van der Waals surface area contributed by atoms with Gasteiger partial charge < -0.3 is 4.79 Å². The number of hydrogen-bond acceptors (Lipinski definition) is 2. The van der Waals surface area contributed by atoms with Crippen LogP contribution in [0.15, 0.2) is 11.6 Å². The summed E-state index contributed by atoms with van der Waals surface area (Å²) >= 11 is 0. The summed E-state index contributed by atoms with van der Waals surface area (Å²) in [6.45, 7) is 9.49. The monoisotopic (exact) mass is 210 g/mol. The van der Waals surface area contributed by atoms with Gasteiger partial charge in [0.1, 0.15) is 12.1 Å². The molecule has 0 aliphatic heterocycles. The van der Waals surface area contributed by atoms with E-state index >= 15 is 0 Å². The van der Waals surface area contributed by atoms with Gasteiger partial charge in [0.15, 0.2) is 0 Å². The minimum Gasteiger partial charge on any atom is -0.303 e. The van der Waals surface area contributed by atoms with Crippen molar-refractivity contribution < 1.29 is 9.59 Å². The van der Waals surface area contributed by atoms with E-state index < -0.39 is 5.41 Å². The molecule has 0 saturated carbocycles. The lowest BCUT2D eigenvalue weighted by Crippen LogP contribution is -2.31. The zero-order valence-electron chi connectivity index (χ0n) is 10.5. The molecule has 0 fully saturated rings. The summed E-state index contributed by atoms with van der Waals surface area (Å²) in [5.41, 5.74) is 0.817. The molecule has 0 spiro atoms. The number of allylic oxidation sites excluding steroid dienone is 2. The summed E-state index contributed by atoms with van der Waals surface area (Å²) in [7, 11) is 0. The SMILES string of the molecule is CC(=O)C(C)(C)[C@H](CC=O)CC=C(C)C. The van der Waals surface area contributed by atoms with Crippen LogP contribution in [0.2, 0.25) is 0 Å². The molecule has 0 amide bonds. The number of carbonyl (C=O) groups is 2. The molecule has 0 aliphatic rings. The highest BCUT2D eigenvalue weighted by Crippen LogP contribution is 2.33. The summed E-state index contributed by atoms with van der Waals surface area (Å²) in [6, 6.07) is 0. The molecule has 0 saturated heterocycles. The van der Waals surface area contributed by atoms with E-state index in [0.717, 1.165) is 12.7 Å². The lowest BCUT2D eigenvalue weighted by molar-refractivity contribution is -0.128. The van der Waals surface area contributed by atoms with Crippen molar-refractivity contribution in [3.05, 3.63) is 11.6 Å². The molecule has 86 valence electrons. The summed E-state index contributed by atoms with van der Waals surface area (Å²) in [5.74, 6) is 0.263. The zero-order chi connectivity index (χ0) is 12.1. The van der Waals surface area contributed by atoms with Crippen molar-refractivity contribution in [1.82, 2.24) is 0 Å². The van der Waals surface area contributed by atoms with Crippen molar-refractivity contribution in [2.24, 2.45) is 11.3 Å². The molecule has 0 rings (SSSR count). The minimum atomic E-state index is -0.410. The summed E-state index contributed by atoms with van der Waals surface area (Å²) in [5, 5.41) is 0. The highest BCUT2D eigenvalue weighted by atomic mass is 16.1. The first-order valence-corrected chi connectivity index (χ1v) is 5.40. The molecular formula is C13H22O2. The van der Waals surface area contributed by atoms with Crippen LogP contribution in [0.3, 0.4) is 0 Å². The Morgan fingerprint density at radius 1 is 1.20 bits per heavy atom. The van der Waals surface area contributed by atoms with Gasteiger partial charge in [0.25, 0.3) is 0 Å². The van der Waals surface area contributed by atoms with Crippen LogP contribution in [0.25, 0.3) is 0 Å². The molecule has 2 heteroatoms. The first kappa shape index (κ1) is 14.1. The van der Waals surface area contributed by atoms with Gasteiger partial charge >= 0.3 is 0 Å². The second-order valence-corrected chi connectivity index (χ2v) is 4.89. The minimum absolute atomic E-state index is 0.113. The molecule has 1 atom stereocenters. The molecule has 0 unspecified atom stereocenters. The zero-order valence-corrected chi connectivity index (χ0v) is 10.5. The second-order valence-electron chi connectivity index (χ2n) is 4.89. The fourth-order valence-corrected chi connectivity index (χ4v) is 1.47. The lowest BCUT2D eigenvalue weighted by atomic mass is 9.72. The van der Waals surface area contributed by atoms with E-state index in [0.29, 0.717) is 6.42 Å². The van der Waals surface area contributed by atoms with E-state index in [2.05, 4.69) is 6.08 Å². The van der Waals surface area contributed by atoms with Gasteiger partial charge in [0.05, 0.1) is 0 Å². The molecule has 2 nitrogen and oxygen atoms in total. The Bertz CT molecular complexity index is 258. The van der Waals surface area contributed by atoms with Crippen molar-refractivity contribution in [1.29, 1.82) is 0 Å². The van der Waals surface area contributed by atoms with Gasteiger partial charge in [0.2, 0.25) is 0 Å². The van der Waals surface area contributed by atoms with Crippen molar-refractivity contribution in [2.75, 3.05) is 0 Å². The Morgan fingerprint density at radius 3 is 2.07 bits per heavy atom.